The van der Waals surface area contributed by atoms with E-state index in [0.29, 0.717) is 17.2 Å². The summed E-state index contributed by atoms with van der Waals surface area (Å²) >= 11 is 5.87. The summed E-state index contributed by atoms with van der Waals surface area (Å²) in [7, 11) is 0. The SMILES string of the molecule is CCC(Oc1ccc(Cl)cc1)C(=O)NC(C)c1cc(C)ccc1C. The molecule has 3 nitrogen and oxygen atoms in total. The third-order valence-corrected chi connectivity index (χ3v) is 4.27. The second kappa shape index (κ2) is 8.20. The van der Waals surface area contributed by atoms with Gasteiger partial charge in [-0.15, -0.1) is 0 Å². The van der Waals surface area contributed by atoms with Crippen LogP contribution in [-0.4, -0.2) is 12.0 Å². The number of aryl methyl sites for hydroxylation is 2. The first kappa shape index (κ1) is 18.3. The van der Waals surface area contributed by atoms with Crippen LogP contribution in [0.3, 0.4) is 0 Å². The number of rotatable bonds is 6. The summed E-state index contributed by atoms with van der Waals surface area (Å²) in [5, 5.41) is 3.70. The van der Waals surface area contributed by atoms with Crippen molar-refractivity contribution in [2.24, 2.45) is 0 Å². The summed E-state index contributed by atoms with van der Waals surface area (Å²) in [6.45, 7) is 8.03. The van der Waals surface area contributed by atoms with Crippen LogP contribution in [0, 0.1) is 13.8 Å². The fourth-order valence-electron chi connectivity index (χ4n) is 2.61. The molecule has 2 atom stereocenters. The van der Waals surface area contributed by atoms with Crippen molar-refractivity contribution in [1.29, 1.82) is 0 Å². The van der Waals surface area contributed by atoms with Crippen LogP contribution in [0.2, 0.25) is 5.02 Å². The minimum absolute atomic E-state index is 0.0692. The molecule has 2 rings (SSSR count). The number of hydrogen-bond donors (Lipinski definition) is 1. The van der Waals surface area contributed by atoms with Gasteiger partial charge in [0.05, 0.1) is 6.04 Å². The van der Waals surface area contributed by atoms with Crippen LogP contribution < -0.4 is 10.1 Å². The van der Waals surface area contributed by atoms with Crippen molar-refractivity contribution in [2.45, 2.75) is 46.3 Å². The number of benzene rings is 2. The summed E-state index contributed by atoms with van der Waals surface area (Å²) in [6, 6.07) is 13.2. The van der Waals surface area contributed by atoms with Gasteiger partial charge in [-0.05, 0) is 62.6 Å². The molecule has 1 N–H and O–H groups in total. The minimum Gasteiger partial charge on any atom is -0.481 e. The topological polar surface area (TPSA) is 38.3 Å². The first-order chi connectivity index (χ1) is 11.4. The average molecular weight is 346 g/mol. The van der Waals surface area contributed by atoms with Gasteiger partial charge in [0, 0.05) is 5.02 Å². The molecule has 0 spiro atoms. The molecule has 2 aromatic rings. The van der Waals surface area contributed by atoms with Crippen molar-refractivity contribution in [2.75, 3.05) is 0 Å². The highest BCUT2D eigenvalue weighted by molar-refractivity contribution is 6.30. The molecule has 0 aromatic heterocycles. The van der Waals surface area contributed by atoms with Crippen LogP contribution in [0.4, 0.5) is 0 Å². The zero-order chi connectivity index (χ0) is 17.7. The number of amides is 1. The Hall–Kier alpha value is -2.00. The van der Waals surface area contributed by atoms with Gasteiger partial charge < -0.3 is 10.1 Å². The summed E-state index contributed by atoms with van der Waals surface area (Å²) in [4.78, 5) is 12.6. The Morgan fingerprint density at radius 1 is 1.17 bits per heavy atom. The molecule has 0 saturated carbocycles. The van der Waals surface area contributed by atoms with Crippen molar-refractivity contribution < 1.29 is 9.53 Å². The van der Waals surface area contributed by atoms with Crippen LogP contribution in [0.25, 0.3) is 0 Å². The zero-order valence-electron chi connectivity index (χ0n) is 14.6. The molecular formula is C20H24ClNO2. The van der Waals surface area contributed by atoms with Gasteiger partial charge in [-0.3, -0.25) is 4.79 Å². The molecule has 0 heterocycles. The maximum absolute atomic E-state index is 12.6. The Morgan fingerprint density at radius 3 is 2.46 bits per heavy atom. The van der Waals surface area contributed by atoms with Gasteiger partial charge in [-0.1, -0.05) is 42.3 Å². The minimum atomic E-state index is -0.529. The lowest BCUT2D eigenvalue weighted by atomic mass is 10.00. The number of carbonyl (C=O) groups excluding carboxylic acids is 1. The number of carbonyl (C=O) groups is 1. The fraction of sp³-hybridized carbons (Fsp3) is 0.350. The molecule has 128 valence electrons. The standard InChI is InChI=1S/C20H24ClNO2/c1-5-19(24-17-10-8-16(21)9-11-17)20(23)22-15(4)18-12-13(2)6-7-14(18)3/h6-12,15,19H,5H2,1-4H3,(H,22,23). The first-order valence-corrected chi connectivity index (χ1v) is 8.58. The Labute approximate surface area is 149 Å². The van der Waals surface area contributed by atoms with E-state index in [1.807, 2.05) is 13.8 Å². The monoisotopic (exact) mass is 345 g/mol. The Kier molecular flexibility index (Phi) is 6.27. The maximum Gasteiger partial charge on any atom is 0.261 e. The molecule has 1 amide bonds. The molecule has 0 saturated heterocycles. The third kappa shape index (κ3) is 4.75. The quantitative estimate of drug-likeness (QED) is 0.800. The average Bonchev–Trinajstić information content (AvgIpc) is 2.56. The second-order valence-corrected chi connectivity index (χ2v) is 6.50. The third-order valence-electron chi connectivity index (χ3n) is 4.02. The number of ether oxygens (including phenoxy) is 1. The molecule has 0 bridgehead atoms. The molecule has 2 aromatic carbocycles. The van der Waals surface area contributed by atoms with Crippen LogP contribution in [-0.2, 0) is 4.79 Å². The lowest BCUT2D eigenvalue weighted by Gasteiger charge is -2.22. The molecule has 4 heteroatoms. The largest absolute Gasteiger partial charge is 0.481 e. The van der Waals surface area contributed by atoms with E-state index >= 15 is 0 Å². The zero-order valence-corrected chi connectivity index (χ0v) is 15.4. The highest BCUT2D eigenvalue weighted by Gasteiger charge is 2.21. The summed E-state index contributed by atoms with van der Waals surface area (Å²) < 4.78 is 5.80. The maximum atomic E-state index is 12.6. The van der Waals surface area contributed by atoms with E-state index in [9.17, 15) is 4.79 Å². The fourth-order valence-corrected chi connectivity index (χ4v) is 2.74. The van der Waals surface area contributed by atoms with Crippen LogP contribution >= 0.6 is 11.6 Å². The van der Waals surface area contributed by atoms with E-state index < -0.39 is 6.10 Å². The molecular weight excluding hydrogens is 322 g/mol. The highest BCUT2D eigenvalue weighted by Crippen LogP contribution is 2.21. The van der Waals surface area contributed by atoms with Crippen molar-refractivity contribution >= 4 is 17.5 Å². The lowest BCUT2D eigenvalue weighted by Crippen LogP contribution is -2.39. The predicted molar refractivity (Wildman–Crippen MR) is 98.6 cm³/mol. The van der Waals surface area contributed by atoms with Crippen LogP contribution in [0.1, 0.15) is 43.0 Å². The highest BCUT2D eigenvalue weighted by atomic mass is 35.5. The van der Waals surface area contributed by atoms with Gasteiger partial charge in [-0.25, -0.2) is 0 Å². The van der Waals surface area contributed by atoms with E-state index in [2.05, 4.69) is 37.4 Å². The van der Waals surface area contributed by atoms with Gasteiger partial charge in [0.15, 0.2) is 6.10 Å². The van der Waals surface area contributed by atoms with Crippen LogP contribution in [0.5, 0.6) is 5.75 Å². The van der Waals surface area contributed by atoms with Crippen molar-refractivity contribution in [3.63, 3.8) is 0 Å². The molecule has 0 aliphatic rings. The lowest BCUT2D eigenvalue weighted by molar-refractivity contribution is -0.128. The smallest absolute Gasteiger partial charge is 0.261 e. The molecule has 0 fully saturated rings. The van der Waals surface area contributed by atoms with Gasteiger partial charge in [0.25, 0.3) is 5.91 Å². The normalized spacial score (nSPS) is 13.2. The molecule has 24 heavy (non-hydrogen) atoms. The predicted octanol–water partition coefficient (Wildman–Crippen LogP) is 4.99. The molecule has 0 aliphatic heterocycles. The van der Waals surface area contributed by atoms with Gasteiger partial charge in [-0.2, -0.15) is 0 Å². The van der Waals surface area contributed by atoms with E-state index in [1.54, 1.807) is 24.3 Å². The Bertz CT molecular complexity index is 697. The van der Waals surface area contributed by atoms with Gasteiger partial charge in [0.2, 0.25) is 0 Å². The van der Waals surface area contributed by atoms with E-state index in [1.165, 1.54) is 11.1 Å². The van der Waals surface area contributed by atoms with Crippen molar-refractivity contribution in [3.8, 4) is 5.75 Å². The second-order valence-electron chi connectivity index (χ2n) is 6.06. The first-order valence-electron chi connectivity index (χ1n) is 8.20. The molecule has 2 unspecified atom stereocenters. The summed E-state index contributed by atoms with van der Waals surface area (Å²) in [5.74, 6) is 0.529. The number of hydrogen-bond acceptors (Lipinski definition) is 2. The molecule has 0 aliphatic carbocycles. The Morgan fingerprint density at radius 2 is 1.83 bits per heavy atom. The number of halogens is 1. The summed E-state index contributed by atoms with van der Waals surface area (Å²) in [5.41, 5.74) is 3.48. The van der Waals surface area contributed by atoms with E-state index in [0.717, 1.165) is 5.56 Å². The summed E-state index contributed by atoms with van der Waals surface area (Å²) in [6.07, 6.45) is 0.0623. The Balaban J connectivity index is 2.05. The molecule has 0 radical (unpaired) electrons. The van der Waals surface area contributed by atoms with Crippen molar-refractivity contribution in [3.05, 3.63) is 64.2 Å². The number of nitrogens with one attached hydrogen (secondary N) is 1. The van der Waals surface area contributed by atoms with E-state index in [4.69, 9.17) is 16.3 Å². The van der Waals surface area contributed by atoms with Gasteiger partial charge >= 0.3 is 0 Å². The van der Waals surface area contributed by atoms with Crippen molar-refractivity contribution in [1.82, 2.24) is 5.32 Å². The van der Waals surface area contributed by atoms with Crippen LogP contribution in [0.15, 0.2) is 42.5 Å². The van der Waals surface area contributed by atoms with Gasteiger partial charge in [0.1, 0.15) is 5.75 Å². The van der Waals surface area contributed by atoms with E-state index in [-0.39, 0.29) is 11.9 Å².